The number of hydrogen-bond acceptors (Lipinski definition) is 4. The van der Waals surface area contributed by atoms with Gasteiger partial charge in [-0.3, -0.25) is 4.79 Å². The van der Waals surface area contributed by atoms with Gasteiger partial charge in [0.1, 0.15) is 0 Å². The zero-order chi connectivity index (χ0) is 14.0. The standard InChI is InChI=1S/C14H13NO4/c1-15(2)10-5-3-9(4-6-10)13(16)11-7-8-12(19-11)14(17)18/h3-8H,1-2H3,(H,17,18). The van der Waals surface area contributed by atoms with Gasteiger partial charge < -0.3 is 14.4 Å². The topological polar surface area (TPSA) is 70.8 Å². The molecule has 5 heteroatoms. The van der Waals surface area contributed by atoms with E-state index in [4.69, 9.17) is 9.52 Å². The number of hydrogen-bond donors (Lipinski definition) is 1. The van der Waals surface area contributed by atoms with E-state index in [9.17, 15) is 9.59 Å². The summed E-state index contributed by atoms with van der Waals surface area (Å²) in [4.78, 5) is 24.7. The molecule has 0 aliphatic heterocycles. The van der Waals surface area contributed by atoms with Crippen LogP contribution in [-0.4, -0.2) is 31.0 Å². The molecule has 1 N–H and O–H groups in total. The molecule has 0 fully saturated rings. The molecule has 2 aromatic rings. The molecular formula is C14H13NO4. The quantitative estimate of drug-likeness (QED) is 0.853. The summed E-state index contributed by atoms with van der Waals surface area (Å²) in [6.07, 6.45) is 0. The van der Waals surface area contributed by atoms with Gasteiger partial charge in [-0.1, -0.05) is 0 Å². The summed E-state index contributed by atoms with van der Waals surface area (Å²) in [6.45, 7) is 0. The Bertz CT molecular complexity index is 611. The van der Waals surface area contributed by atoms with Gasteiger partial charge in [0.15, 0.2) is 5.76 Å². The molecule has 0 saturated heterocycles. The molecular weight excluding hydrogens is 246 g/mol. The summed E-state index contributed by atoms with van der Waals surface area (Å²) >= 11 is 0. The van der Waals surface area contributed by atoms with Gasteiger partial charge in [-0.25, -0.2) is 4.79 Å². The fourth-order valence-corrected chi connectivity index (χ4v) is 1.63. The number of carbonyl (C=O) groups excluding carboxylic acids is 1. The highest BCUT2D eigenvalue weighted by Gasteiger charge is 2.16. The first-order valence-electron chi connectivity index (χ1n) is 5.64. The highest BCUT2D eigenvalue weighted by atomic mass is 16.4. The van der Waals surface area contributed by atoms with Crippen LogP contribution in [0, 0.1) is 0 Å². The molecule has 2 rings (SSSR count). The first-order chi connectivity index (χ1) is 8.99. The highest BCUT2D eigenvalue weighted by molar-refractivity contribution is 6.07. The maximum Gasteiger partial charge on any atom is 0.371 e. The van der Waals surface area contributed by atoms with E-state index in [0.717, 1.165) is 5.69 Å². The Morgan fingerprint density at radius 1 is 1.00 bits per heavy atom. The third-order valence-electron chi connectivity index (χ3n) is 2.69. The average Bonchev–Trinajstić information content (AvgIpc) is 2.87. The maximum atomic E-state index is 12.1. The monoisotopic (exact) mass is 259 g/mol. The smallest absolute Gasteiger partial charge is 0.371 e. The number of furan rings is 1. The van der Waals surface area contributed by atoms with E-state index in [1.54, 1.807) is 12.1 Å². The van der Waals surface area contributed by atoms with E-state index in [2.05, 4.69) is 0 Å². The van der Waals surface area contributed by atoms with Gasteiger partial charge in [-0.15, -0.1) is 0 Å². The molecule has 0 saturated carbocycles. The Morgan fingerprint density at radius 2 is 1.58 bits per heavy atom. The van der Waals surface area contributed by atoms with E-state index >= 15 is 0 Å². The van der Waals surface area contributed by atoms with Crippen LogP contribution in [0.25, 0.3) is 0 Å². The summed E-state index contributed by atoms with van der Waals surface area (Å²) in [6, 6.07) is 9.62. The van der Waals surface area contributed by atoms with Crippen molar-refractivity contribution >= 4 is 17.4 Å². The summed E-state index contributed by atoms with van der Waals surface area (Å²) < 4.78 is 4.98. The number of carbonyl (C=O) groups is 2. The van der Waals surface area contributed by atoms with E-state index in [1.807, 2.05) is 31.1 Å². The van der Waals surface area contributed by atoms with Crippen LogP contribution in [0.3, 0.4) is 0 Å². The average molecular weight is 259 g/mol. The third-order valence-corrected chi connectivity index (χ3v) is 2.69. The van der Waals surface area contributed by atoms with Crippen LogP contribution < -0.4 is 4.90 Å². The molecule has 0 bridgehead atoms. The molecule has 5 nitrogen and oxygen atoms in total. The number of carboxylic acid groups (broad SMARTS) is 1. The number of ketones is 1. The fraction of sp³-hybridized carbons (Fsp3) is 0.143. The number of rotatable bonds is 4. The minimum Gasteiger partial charge on any atom is -0.475 e. The summed E-state index contributed by atoms with van der Waals surface area (Å²) in [5.74, 6) is -1.75. The van der Waals surface area contributed by atoms with Crippen LogP contribution in [0.1, 0.15) is 26.7 Å². The predicted octanol–water partition coefficient (Wildman–Crippen LogP) is 2.27. The van der Waals surface area contributed by atoms with Crippen molar-refractivity contribution in [1.82, 2.24) is 0 Å². The largest absolute Gasteiger partial charge is 0.475 e. The predicted molar refractivity (Wildman–Crippen MR) is 69.9 cm³/mol. The van der Waals surface area contributed by atoms with Gasteiger partial charge in [0.05, 0.1) is 0 Å². The lowest BCUT2D eigenvalue weighted by atomic mass is 10.1. The molecule has 19 heavy (non-hydrogen) atoms. The minimum atomic E-state index is -1.19. The number of nitrogens with zero attached hydrogens (tertiary/aromatic N) is 1. The molecule has 0 unspecified atom stereocenters. The lowest BCUT2D eigenvalue weighted by Gasteiger charge is -2.12. The van der Waals surface area contributed by atoms with Crippen molar-refractivity contribution in [2.75, 3.05) is 19.0 Å². The zero-order valence-corrected chi connectivity index (χ0v) is 10.6. The number of aromatic carboxylic acids is 1. The van der Waals surface area contributed by atoms with Crippen molar-refractivity contribution < 1.29 is 19.1 Å². The second kappa shape index (κ2) is 4.97. The molecule has 98 valence electrons. The number of anilines is 1. The lowest BCUT2D eigenvalue weighted by Crippen LogP contribution is -2.09. The van der Waals surface area contributed by atoms with E-state index < -0.39 is 5.97 Å². The number of carboxylic acids is 1. The molecule has 0 aliphatic rings. The molecule has 0 aliphatic carbocycles. The lowest BCUT2D eigenvalue weighted by molar-refractivity contribution is 0.0660. The number of benzene rings is 1. The molecule has 0 radical (unpaired) electrons. The Labute approximate surface area is 110 Å². The van der Waals surface area contributed by atoms with Gasteiger partial charge in [0.25, 0.3) is 0 Å². The van der Waals surface area contributed by atoms with E-state index in [1.165, 1.54) is 12.1 Å². The van der Waals surface area contributed by atoms with Crippen LogP contribution in [0.15, 0.2) is 40.8 Å². The highest BCUT2D eigenvalue weighted by Crippen LogP contribution is 2.17. The first-order valence-corrected chi connectivity index (χ1v) is 5.64. The summed E-state index contributed by atoms with van der Waals surface area (Å²) in [5, 5.41) is 8.74. The van der Waals surface area contributed by atoms with Crippen LogP contribution in [0.4, 0.5) is 5.69 Å². The first kappa shape index (κ1) is 12.9. The van der Waals surface area contributed by atoms with Crippen molar-refractivity contribution in [2.24, 2.45) is 0 Å². The second-order valence-corrected chi connectivity index (χ2v) is 4.24. The summed E-state index contributed by atoms with van der Waals surface area (Å²) in [7, 11) is 3.81. The second-order valence-electron chi connectivity index (χ2n) is 4.24. The van der Waals surface area contributed by atoms with Gasteiger partial charge in [0, 0.05) is 25.3 Å². The third kappa shape index (κ3) is 2.65. The van der Waals surface area contributed by atoms with Crippen LogP contribution >= 0.6 is 0 Å². The fourth-order valence-electron chi connectivity index (χ4n) is 1.63. The van der Waals surface area contributed by atoms with Gasteiger partial charge >= 0.3 is 5.97 Å². The summed E-state index contributed by atoms with van der Waals surface area (Å²) in [5.41, 5.74) is 1.43. The van der Waals surface area contributed by atoms with Crippen LogP contribution in [-0.2, 0) is 0 Å². The van der Waals surface area contributed by atoms with Gasteiger partial charge in [-0.05, 0) is 36.4 Å². The van der Waals surface area contributed by atoms with Crippen LogP contribution in [0.2, 0.25) is 0 Å². The van der Waals surface area contributed by atoms with Crippen molar-refractivity contribution in [1.29, 1.82) is 0 Å². The Kier molecular flexibility index (Phi) is 3.37. The Hall–Kier alpha value is -2.56. The normalized spacial score (nSPS) is 10.2. The van der Waals surface area contributed by atoms with Crippen LogP contribution in [0.5, 0.6) is 0 Å². The zero-order valence-electron chi connectivity index (χ0n) is 10.6. The minimum absolute atomic E-state index is 0.0232. The Balaban J connectivity index is 2.25. The van der Waals surface area contributed by atoms with Crippen molar-refractivity contribution in [3.05, 3.63) is 53.5 Å². The Morgan fingerprint density at radius 3 is 2.05 bits per heavy atom. The van der Waals surface area contributed by atoms with Crippen molar-refractivity contribution in [2.45, 2.75) is 0 Å². The van der Waals surface area contributed by atoms with Gasteiger partial charge in [-0.2, -0.15) is 0 Å². The molecule has 0 spiro atoms. The molecule has 1 aromatic carbocycles. The van der Waals surface area contributed by atoms with Crippen molar-refractivity contribution in [3.63, 3.8) is 0 Å². The molecule has 0 amide bonds. The molecule has 0 atom stereocenters. The SMILES string of the molecule is CN(C)c1ccc(C(=O)c2ccc(C(=O)O)o2)cc1. The van der Waals surface area contributed by atoms with E-state index in [-0.39, 0.29) is 17.3 Å². The molecule has 1 aromatic heterocycles. The molecule has 1 heterocycles. The maximum absolute atomic E-state index is 12.1. The van der Waals surface area contributed by atoms with Gasteiger partial charge in [0.2, 0.25) is 11.5 Å². The van der Waals surface area contributed by atoms with Crippen molar-refractivity contribution in [3.8, 4) is 0 Å². The van der Waals surface area contributed by atoms with E-state index in [0.29, 0.717) is 5.56 Å².